The van der Waals surface area contributed by atoms with Crippen LogP contribution in [-0.4, -0.2) is 4.98 Å². The second kappa shape index (κ2) is 4.71. The van der Waals surface area contributed by atoms with Crippen molar-refractivity contribution < 1.29 is 0 Å². The largest absolute Gasteiger partial charge is 0.399 e. The topological polar surface area (TPSA) is 38.9 Å². The summed E-state index contributed by atoms with van der Waals surface area (Å²) in [5.74, 6) is 0. The lowest BCUT2D eigenvalue weighted by Crippen LogP contribution is -1.86. The molecule has 15 heavy (non-hydrogen) atoms. The fourth-order valence-electron chi connectivity index (χ4n) is 1.07. The Bertz CT molecular complexity index is 482. The Balaban J connectivity index is 2.24. The third-order valence-electron chi connectivity index (χ3n) is 1.75. The molecule has 0 atom stereocenters. The van der Waals surface area contributed by atoms with E-state index in [1.54, 1.807) is 23.1 Å². The number of anilines is 1. The molecule has 2 rings (SSSR count). The average molecular weight is 348 g/mol. The van der Waals surface area contributed by atoms with E-state index in [4.69, 9.17) is 5.73 Å². The van der Waals surface area contributed by atoms with E-state index < -0.39 is 0 Å². The molecule has 0 unspecified atom stereocenters. The molecule has 0 aliphatic carbocycles. The fraction of sp³-hybridized carbons (Fsp3) is 0.100. The molecule has 5 heteroatoms. The van der Waals surface area contributed by atoms with Crippen molar-refractivity contribution in [2.75, 3.05) is 5.73 Å². The Labute approximate surface area is 110 Å². The predicted molar refractivity (Wildman–Crippen MR) is 74.5 cm³/mol. The Morgan fingerprint density at radius 3 is 2.87 bits per heavy atom. The van der Waals surface area contributed by atoms with Crippen molar-refractivity contribution in [1.82, 2.24) is 4.98 Å². The van der Waals surface area contributed by atoms with Gasteiger partial charge < -0.3 is 5.73 Å². The maximum atomic E-state index is 5.70. The van der Waals surface area contributed by atoms with Gasteiger partial charge in [-0.25, -0.2) is 4.98 Å². The summed E-state index contributed by atoms with van der Waals surface area (Å²) >= 11 is 5.66. The first-order valence-electron chi connectivity index (χ1n) is 4.30. The van der Waals surface area contributed by atoms with Crippen LogP contribution >= 0.6 is 45.7 Å². The molecular weight excluding hydrogens is 339 g/mol. The van der Waals surface area contributed by atoms with Gasteiger partial charge in [-0.3, -0.25) is 0 Å². The molecule has 0 fully saturated rings. The smallest absolute Gasteiger partial charge is 0.154 e. The Kier molecular flexibility index (Phi) is 3.53. The molecule has 2 nitrogen and oxygen atoms in total. The van der Waals surface area contributed by atoms with E-state index in [2.05, 4.69) is 33.0 Å². The minimum atomic E-state index is 0.805. The van der Waals surface area contributed by atoms with Gasteiger partial charge in [-0.05, 0) is 47.7 Å². The Morgan fingerprint density at radius 1 is 1.47 bits per heavy atom. The van der Waals surface area contributed by atoms with Crippen molar-refractivity contribution in [1.29, 1.82) is 0 Å². The van der Waals surface area contributed by atoms with Gasteiger partial charge in [0.05, 0.1) is 0 Å². The van der Waals surface area contributed by atoms with Crippen LogP contribution in [0.2, 0.25) is 0 Å². The quantitative estimate of drug-likeness (QED) is 0.663. The molecule has 0 saturated heterocycles. The molecule has 0 aliphatic heterocycles. The van der Waals surface area contributed by atoms with Crippen LogP contribution in [0.1, 0.15) is 5.69 Å². The first kappa shape index (κ1) is 11.2. The van der Waals surface area contributed by atoms with Crippen molar-refractivity contribution in [3.8, 4) is 0 Å². The highest BCUT2D eigenvalue weighted by atomic mass is 127. The highest BCUT2D eigenvalue weighted by Crippen LogP contribution is 2.33. The third-order valence-corrected chi connectivity index (χ3v) is 5.14. The van der Waals surface area contributed by atoms with Crippen LogP contribution in [0.3, 0.4) is 0 Å². The van der Waals surface area contributed by atoms with Gasteiger partial charge in [-0.15, -0.1) is 11.3 Å². The van der Waals surface area contributed by atoms with Crippen LogP contribution in [0.4, 0.5) is 5.69 Å². The zero-order valence-electron chi connectivity index (χ0n) is 8.03. The summed E-state index contributed by atoms with van der Waals surface area (Å²) < 4.78 is 2.25. The lowest BCUT2D eigenvalue weighted by molar-refractivity contribution is 1.16. The number of rotatable bonds is 2. The number of benzene rings is 1. The van der Waals surface area contributed by atoms with Crippen LogP contribution < -0.4 is 5.73 Å². The summed E-state index contributed by atoms with van der Waals surface area (Å²) in [7, 11) is 0. The minimum Gasteiger partial charge on any atom is -0.399 e. The van der Waals surface area contributed by atoms with Crippen LogP contribution in [0, 0.1) is 10.5 Å². The highest BCUT2D eigenvalue weighted by molar-refractivity contribution is 14.1. The molecule has 78 valence electrons. The van der Waals surface area contributed by atoms with E-state index in [1.165, 1.54) is 8.47 Å². The van der Waals surface area contributed by atoms with E-state index in [-0.39, 0.29) is 0 Å². The zero-order valence-corrected chi connectivity index (χ0v) is 11.8. The number of nitrogens with zero attached hydrogens (tertiary/aromatic N) is 1. The van der Waals surface area contributed by atoms with Crippen molar-refractivity contribution in [2.24, 2.45) is 0 Å². The van der Waals surface area contributed by atoms with Crippen LogP contribution in [0.5, 0.6) is 0 Å². The summed E-state index contributed by atoms with van der Waals surface area (Å²) in [6, 6.07) is 5.94. The molecule has 0 radical (unpaired) electrons. The summed E-state index contributed by atoms with van der Waals surface area (Å²) in [5, 5.41) is 2.06. The highest BCUT2D eigenvalue weighted by Gasteiger charge is 2.05. The van der Waals surface area contributed by atoms with Crippen molar-refractivity contribution in [2.45, 2.75) is 16.2 Å². The fourth-order valence-corrected chi connectivity index (χ4v) is 3.74. The number of nitrogens with two attached hydrogens (primary N) is 1. The molecule has 2 aromatic rings. The number of hydrogen-bond donors (Lipinski definition) is 1. The molecule has 0 spiro atoms. The first-order chi connectivity index (χ1) is 7.15. The Morgan fingerprint density at radius 2 is 2.27 bits per heavy atom. The van der Waals surface area contributed by atoms with E-state index in [9.17, 15) is 0 Å². The first-order valence-corrected chi connectivity index (χ1v) is 7.07. The van der Waals surface area contributed by atoms with Gasteiger partial charge in [0.2, 0.25) is 0 Å². The third kappa shape index (κ3) is 2.85. The van der Waals surface area contributed by atoms with E-state index in [0.717, 1.165) is 15.7 Å². The van der Waals surface area contributed by atoms with Crippen LogP contribution in [0.15, 0.2) is 32.8 Å². The molecule has 1 aromatic heterocycles. The molecule has 0 aliphatic rings. The maximum absolute atomic E-state index is 5.70. The van der Waals surface area contributed by atoms with Gasteiger partial charge in [-0.1, -0.05) is 11.8 Å². The van der Waals surface area contributed by atoms with E-state index in [1.807, 2.05) is 25.1 Å². The standard InChI is InChI=1S/C10H9IN2S2/c1-6-5-14-10(13-6)15-9-3-2-7(12)4-8(9)11/h2-5H,12H2,1H3. The number of aromatic nitrogens is 1. The molecule has 0 amide bonds. The normalized spacial score (nSPS) is 10.5. The second-order valence-corrected chi connectivity index (χ2v) is 6.36. The van der Waals surface area contributed by atoms with Crippen LogP contribution in [0.25, 0.3) is 0 Å². The molecule has 1 aromatic carbocycles. The van der Waals surface area contributed by atoms with Gasteiger partial charge in [0.15, 0.2) is 4.34 Å². The number of halogens is 1. The number of thiazole rings is 1. The SMILES string of the molecule is Cc1csc(Sc2ccc(N)cc2I)n1. The summed E-state index contributed by atoms with van der Waals surface area (Å²) in [6.45, 7) is 2.01. The van der Waals surface area contributed by atoms with Crippen LogP contribution in [-0.2, 0) is 0 Å². The second-order valence-electron chi connectivity index (χ2n) is 3.05. The summed E-state index contributed by atoms with van der Waals surface area (Å²) in [6.07, 6.45) is 0. The summed E-state index contributed by atoms with van der Waals surface area (Å²) in [4.78, 5) is 5.62. The molecule has 0 bridgehead atoms. The van der Waals surface area contributed by atoms with Crippen molar-refractivity contribution in [3.63, 3.8) is 0 Å². The average Bonchev–Trinajstić information content (AvgIpc) is 2.56. The van der Waals surface area contributed by atoms with Gasteiger partial charge >= 0.3 is 0 Å². The molecule has 0 saturated carbocycles. The van der Waals surface area contributed by atoms with Crippen molar-refractivity contribution >= 4 is 51.4 Å². The predicted octanol–water partition coefficient (Wildman–Crippen LogP) is 3.79. The lowest BCUT2D eigenvalue weighted by Gasteiger charge is -2.02. The number of aryl methyl sites for hydroxylation is 1. The van der Waals surface area contributed by atoms with Crippen molar-refractivity contribution in [3.05, 3.63) is 32.8 Å². The Hall–Kier alpha value is -0.270. The number of hydrogen-bond acceptors (Lipinski definition) is 4. The van der Waals surface area contributed by atoms with E-state index in [0.29, 0.717) is 0 Å². The van der Waals surface area contributed by atoms with Gasteiger partial charge in [-0.2, -0.15) is 0 Å². The molecular formula is C10H9IN2S2. The van der Waals surface area contributed by atoms with Gasteiger partial charge in [0.25, 0.3) is 0 Å². The molecule has 2 N–H and O–H groups in total. The lowest BCUT2D eigenvalue weighted by atomic mass is 10.3. The summed E-state index contributed by atoms with van der Waals surface area (Å²) in [5.41, 5.74) is 7.58. The maximum Gasteiger partial charge on any atom is 0.154 e. The van der Waals surface area contributed by atoms with Gasteiger partial charge in [0, 0.05) is 25.2 Å². The monoisotopic (exact) mass is 348 g/mol. The zero-order chi connectivity index (χ0) is 10.8. The van der Waals surface area contributed by atoms with Gasteiger partial charge in [0.1, 0.15) is 0 Å². The molecule has 1 heterocycles. The minimum absolute atomic E-state index is 0.805. The number of nitrogen functional groups attached to an aromatic ring is 1. The van der Waals surface area contributed by atoms with E-state index >= 15 is 0 Å².